The van der Waals surface area contributed by atoms with Crippen LogP contribution < -0.4 is 10.5 Å². The highest BCUT2D eigenvalue weighted by Crippen LogP contribution is 2.39. The molecule has 1 aromatic heterocycles. The van der Waals surface area contributed by atoms with E-state index in [-0.39, 0.29) is 40.2 Å². The molecule has 0 unspecified atom stereocenters. The first-order chi connectivity index (χ1) is 14.2. The first kappa shape index (κ1) is 23.6. The molecule has 2 aromatic rings. The predicted molar refractivity (Wildman–Crippen MR) is 106 cm³/mol. The Morgan fingerprint density at radius 3 is 2.67 bits per heavy atom. The number of hydrogen-bond donors (Lipinski definition) is 2. The van der Waals surface area contributed by atoms with Crippen molar-refractivity contribution in [1.29, 1.82) is 0 Å². The molecule has 0 aliphatic rings. The van der Waals surface area contributed by atoms with Crippen LogP contribution in [-0.2, 0) is 15.7 Å². The summed E-state index contributed by atoms with van der Waals surface area (Å²) in [6.07, 6.45) is -0.907. The Morgan fingerprint density at radius 1 is 1.23 bits per heavy atom. The molecule has 0 fully saturated rings. The summed E-state index contributed by atoms with van der Waals surface area (Å²) < 4.78 is 51.1. The zero-order chi connectivity index (χ0) is 22.1. The number of carbonyl (C=O) groups is 1. The van der Waals surface area contributed by atoms with E-state index in [0.717, 1.165) is 42.7 Å². The van der Waals surface area contributed by atoms with E-state index < -0.39 is 17.7 Å². The third kappa shape index (κ3) is 6.99. The highest BCUT2D eigenvalue weighted by Gasteiger charge is 2.35. The van der Waals surface area contributed by atoms with Gasteiger partial charge in [-0.1, -0.05) is 31.1 Å². The fourth-order valence-electron chi connectivity index (χ4n) is 2.43. The van der Waals surface area contributed by atoms with E-state index >= 15 is 0 Å². The van der Waals surface area contributed by atoms with Gasteiger partial charge in [0.1, 0.15) is 17.4 Å². The van der Waals surface area contributed by atoms with Gasteiger partial charge in [-0.05, 0) is 24.6 Å². The summed E-state index contributed by atoms with van der Waals surface area (Å²) >= 11 is 0.885. The molecule has 1 heterocycles. The molecular formula is C19H22F3N3O4S. The van der Waals surface area contributed by atoms with Crippen molar-refractivity contribution in [2.24, 2.45) is 5.73 Å². The number of alkyl halides is 3. The molecule has 0 saturated carbocycles. The van der Waals surface area contributed by atoms with Gasteiger partial charge in [0, 0.05) is 18.2 Å². The van der Waals surface area contributed by atoms with Crippen molar-refractivity contribution in [2.45, 2.75) is 32.4 Å². The highest BCUT2D eigenvalue weighted by molar-refractivity contribution is 7.15. The average molecular weight is 445 g/mol. The largest absolute Gasteiger partial charge is 0.491 e. The lowest BCUT2D eigenvalue weighted by Crippen LogP contribution is -2.12. The first-order valence-corrected chi connectivity index (χ1v) is 10.00. The van der Waals surface area contributed by atoms with Crippen LogP contribution >= 0.6 is 11.3 Å². The van der Waals surface area contributed by atoms with Crippen LogP contribution in [0.3, 0.4) is 0 Å². The number of ether oxygens (including phenoxy) is 2. The minimum absolute atomic E-state index is 0.00593. The quantitative estimate of drug-likeness (QED) is 0.394. The number of nitrogens with zero attached hydrogens (tertiary/aromatic N) is 2. The van der Waals surface area contributed by atoms with Gasteiger partial charge >= 0.3 is 12.1 Å². The second-order valence-electron chi connectivity index (χ2n) is 6.23. The van der Waals surface area contributed by atoms with Crippen molar-refractivity contribution >= 4 is 23.0 Å². The summed E-state index contributed by atoms with van der Waals surface area (Å²) in [6, 6.07) is 3.56. The van der Waals surface area contributed by atoms with Crippen molar-refractivity contribution in [3.63, 3.8) is 0 Å². The van der Waals surface area contributed by atoms with Gasteiger partial charge in [0.2, 0.25) is 0 Å². The summed E-state index contributed by atoms with van der Waals surface area (Å²) in [5.41, 5.74) is 4.67. The van der Waals surface area contributed by atoms with Crippen LogP contribution in [0.4, 0.5) is 13.2 Å². The van der Waals surface area contributed by atoms with Crippen LogP contribution in [0.15, 0.2) is 24.3 Å². The van der Waals surface area contributed by atoms with E-state index in [1.54, 1.807) is 0 Å². The summed E-state index contributed by atoms with van der Waals surface area (Å²) in [6.45, 7) is 2.79. The van der Waals surface area contributed by atoms with Crippen LogP contribution in [0.25, 0.3) is 16.3 Å². The van der Waals surface area contributed by atoms with Gasteiger partial charge in [-0.3, -0.25) is 0 Å². The van der Waals surface area contributed by atoms with Gasteiger partial charge in [0.25, 0.3) is 0 Å². The molecule has 0 atom stereocenters. The molecule has 0 aliphatic carbocycles. The van der Waals surface area contributed by atoms with Crippen molar-refractivity contribution in [3.8, 4) is 16.3 Å². The van der Waals surface area contributed by atoms with E-state index in [4.69, 9.17) is 20.3 Å². The molecule has 0 saturated heterocycles. The molecule has 1 aromatic carbocycles. The fraction of sp³-hybridized carbons (Fsp3) is 0.421. The number of halogens is 3. The monoisotopic (exact) mass is 445 g/mol. The number of hydrogen-bond acceptors (Lipinski definition) is 7. The average Bonchev–Trinajstić information content (AvgIpc) is 3.16. The van der Waals surface area contributed by atoms with E-state index in [2.05, 4.69) is 17.1 Å². The molecular weight excluding hydrogens is 423 g/mol. The number of carboxylic acids is 1. The topological polar surface area (TPSA) is 108 Å². The molecule has 7 nitrogen and oxygen atoms in total. The molecule has 0 bridgehead atoms. The van der Waals surface area contributed by atoms with E-state index in [0.29, 0.717) is 6.61 Å². The number of nitrogens with two attached hydrogens (primary N) is 1. The Balaban J connectivity index is 2.13. The zero-order valence-corrected chi connectivity index (χ0v) is 17.1. The number of rotatable bonds is 11. The molecule has 0 radical (unpaired) electrons. The lowest BCUT2D eigenvalue weighted by Gasteiger charge is -2.15. The highest BCUT2D eigenvalue weighted by atomic mass is 32.1. The maximum Gasteiger partial charge on any atom is 0.419 e. The molecule has 11 heteroatoms. The summed E-state index contributed by atoms with van der Waals surface area (Å²) in [5, 5.41) is 16.5. The van der Waals surface area contributed by atoms with E-state index in [9.17, 15) is 18.0 Å². The van der Waals surface area contributed by atoms with Crippen LogP contribution in [0.1, 0.15) is 36.8 Å². The van der Waals surface area contributed by atoms with Gasteiger partial charge in [-0.2, -0.15) is 13.2 Å². The molecule has 3 N–H and O–H groups in total. The Morgan fingerprint density at radius 2 is 2.00 bits per heavy atom. The normalized spacial score (nSPS) is 12.2. The standard InChI is InChI=1S/C19H22F3N3O4S/c1-2-3-4-7-28-8-9-29-15-6-5-12(10-13(15)19(20,21)22)17-24-25-18(30-17)14(23)11-16(26)27/h5-6,10-11H,2-4,7-9,23H2,1H3,(H,26,27)/b14-11-. The molecule has 0 spiro atoms. The zero-order valence-electron chi connectivity index (χ0n) is 16.2. The predicted octanol–water partition coefficient (Wildman–Crippen LogP) is 4.19. The summed E-state index contributed by atoms with van der Waals surface area (Å²) in [4.78, 5) is 10.7. The fourth-order valence-corrected chi connectivity index (χ4v) is 3.20. The first-order valence-electron chi connectivity index (χ1n) is 9.18. The second kappa shape index (κ2) is 10.9. The van der Waals surface area contributed by atoms with Crippen molar-refractivity contribution in [3.05, 3.63) is 34.8 Å². The Labute approximate surface area is 175 Å². The Bertz CT molecular complexity index is 884. The number of carboxylic acid groups (broad SMARTS) is 1. The molecule has 164 valence electrons. The molecule has 30 heavy (non-hydrogen) atoms. The molecule has 0 aliphatic heterocycles. The minimum Gasteiger partial charge on any atom is -0.491 e. The maximum atomic E-state index is 13.5. The lowest BCUT2D eigenvalue weighted by molar-refractivity contribution is -0.139. The van der Waals surface area contributed by atoms with Crippen molar-refractivity contribution in [1.82, 2.24) is 10.2 Å². The van der Waals surface area contributed by atoms with Crippen LogP contribution in [-0.4, -0.2) is 41.1 Å². The number of aliphatic carboxylic acids is 1. The van der Waals surface area contributed by atoms with Crippen LogP contribution in [0.2, 0.25) is 0 Å². The minimum atomic E-state index is -4.64. The number of aromatic nitrogens is 2. The van der Waals surface area contributed by atoms with Crippen LogP contribution in [0.5, 0.6) is 5.75 Å². The lowest BCUT2D eigenvalue weighted by atomic mass is 10.1. The molecule has 2 rings (SSSR count). The van der Waals surface area contributed by atoms with Crippen molar-refractivity contribution < 1.29 is 32.5 Å². The van der Waals surface area contributed by atoms with Gasteiger partial charge in [-0.25, -0.2) is 4.79 Å². The number of benzene rings is 1. The maximum absolute atomic E-state index is 13.5. The van der Waals surface area contributed by atoms with Crippen LogP contribution in [0, 0.1) is 0 Å². The van der Waals surface area contributed by atoms with Gasteiger partial charge in [0.05, 0.1) is 17.9 Å². The third-order valence-corrected chi connectivity index (χ3v) is 4.88. The van der Waals surface area contributed by atoms with Crippen molar-refractivity contribution in [2.75, 3.05) is 19.8 Å². The SMILES string of the molecule is CCCCCOCCOc1ccc(-c2nnc(/C(N)=C/C(=O)O)s2)cc1C(F)(F)F. The smallest absolute Gasteiger partial charge is 0.419 e. The molecule has 0 amide bonds. The Kier molecular flexibility index (Phi) is 8.60. The third-order valence-electron chi connectivity index (χ3n) is 3.86. The second-order valence-corrected chi connectivity index (χ2v) is 7.20. The number of unbranched alkanes of at least 4 members (excludes halogenated alkanes) is 2. The van der Waals surface area contributed by atoms with Gasteiger partial charge in [-0.15, -0.1) is 10.2 Å². The van der Waals surface area contributed by atoms with Gasteiger partial charge in [0.15, 0.2) is 5.01 Å². The van der Waals surface area contributed by atoms with E-state index in [1.807, 2.05) is 0 Å². The van der Waals surface area contributed by atoms with E-state index in [1.165, 1.54) is 12.1 Å². The summed E-state index contributed by atoms with van der Waals surface area (Å²) in [7, 11) is 0. The Hall–Kier alpha value is -2.66. The summed E-state index contributed by atoms with van der Waals surface area (Å²) in [5.74, 6) is -1.57. The van der Waals surface area contributed by atoms with Gasteiger partial charge < -0.3 is 20.3 Å².